The van der Waals surface area contributed by atoms with Crippen LogP contribution in [0.1, 0.15) is 19.8 Å². The molecule has 0 bridgehead atoms. The van der Waals surface area contributed by atoms with Crippen molar-refractivity contribution in [1.29, 1.82) is 0 Å². The first-order chi connectivity index (χ1) is 10.3. The quantitative estimate of drug-likeness (QED) is 0.937. The Balaban J connectivity index is 0.00000176. The maximum absolute atomic E-state index is 5.84. The van der Waals surface area contributed by atoms with Gasteiger partial charge in [-0.15, -0.1) is 12.4 Å². The highest BCUT2D eigenvalue weighted by Crippen LogP contribution is 2.30. The van der Waals surface area contributed by atoms with Crippen LogP contribution < -0.4 is 15.4 Å². The molecule has 1 aromatic heterocycles. The summed E-state index contributed by atoms with van der Waals surface area (Å²) < 4.78 is 5.72. The predicted octanol–water partition coefficient (Wildman–Crippen LogP) is 2.63. The molecule has 0 spiro atoms. The molecular formula is C16H23ClN4O. The Morgan fingerprint density at radius 2 is 2.00 bits per heavy atom. The molecule has 1 fully saturated rings. The lowest BCUT2D eigenvalue weighted by atomic mass is 9.98. The molecule has 22 heavy (non-hydrogen) atoms. The van der Waals surface area contributed by atoms with E-state index in [1.54, 1.807) is 0 Å². The van der Waals surface area contributed by atoms with Crippen molar-refractivity contribution < 1.29 is 4.74 Å². The summed E-state index contributed by atoms with van der Waals surface area (Å²) in [6.07, 6.45) is 2.33. The fraction of sp³-hybridized carbons (Fsp3) is 0.500. The largest absolute Gasteiger partial charge is 0.475 e. The van der Waals surface area contributed by atoms with Crippen LogP contribution in [0.4, 0.5) is 5.82 Å². The topological polar surface area (TPSA) is 64.3 Å². The summed E-state index contributed by atoms with van der Waals surface area (Å²) in [5.41, 5.74) is 7.62. The molecule has 2 aromatic rings. The monoisotopic (exact) mass is 322 g/mol. The lowest BCUT2D eigenvalue weighted by Crippen LogP contribution is -2.39. The molecule has 1 atom stereocenters. The van der Waals surface area contributed by atoms with Crippen molar-refractivity contribution in [1.82, 2.24) is 9.97 Å². The molecule has 0 aliphatic carbocycles. The molecule has 1 aliphatic heterocycles. The van der Waals surface area contributed by atoms with Crippen molar-refractivity contribution >= 4 is 29.3 Å². The first-order valence-corrected chi connectivity index (χ1v) is 7.66. The Labute approximate surface area is 137 Å². The van der Waals surface area contributed by atoms with Crippen LogP contribution in [-0.2, 0) is 0 Å². The zero-order valence-corrected chi connectivity index (χ0v) is 13.7. The van der Waals surface area contributed by atoms with Gasteiger partial charge < -0.3 is 15.4 Å². The number of ether oxygens (including phenoxy) is 1. The third-order valence-corrected chi connectivity index (χ3v) is 3.95. The average Bonchev–Trinajstić information content (AvgIpc) is 2.54. The number of aromatic nitrogens is 2. The van der Waals surface area contributed by atoms with Crippen LogP contribution in [0.3, 0.4) is 0 Å². The van der Waals surface area contributed by atoms with Gasteiger partial charge in [-0.25, -0.2) is 9.97 Å². The minimum atomic E-state index is 0. The number of halogens is 1. The normalized spacial score (nSPS) is 18.1. The van der Waals surface area contributed by atoms with Gasteiger partial charge in [-0.1, -0.05) is 12.1 Å². The first-order valence-electron chi connectivity index (χ1n) is 7.66. The fourth-order valence-corrected chi connectivity index (χ4v) is 2.86. The summed E-state index contributed by atoms with van der Waals surface area (Å²) in [4.78, 5) is 11.7. The minimum absolute atomic E-state index is 0. The van der Waals surface area contributed by atoms with Crippen LogP contribution in [0.15, 0.2) is 24.3 Å². The number of hydrogen-bond acceptors (Lipinski definition) is 5. The van der Waals surface area contributed by atoms with E-state index in [1.807, 2.05) is 31.2 Å². The number of para-hydroxylation sites is 2. The maximum Gasteiger partial charge on any atom is 0.258 e. The molecule has 0 saturated carbocycles. The van der Waals surface area contributed by atoms with Crippen molar-refractivity contribution in [3.8, 4) is 5.88 Å². The molecule has 1 aliphatic rings. The van der Waals surface area contributed by atoms with E-state index in [9.17, 15) is 0 Å². The van der Waals surface area contributed by atoms with Gasteiger partial charge in [0.05, 0.1) is 17.6 Å². The number of rotatable bonds is 4. The third-order valence-electron chi connectivity index (χ3n) is 3.95. The number of benzene rings is 1. The van der Waals surface area contributed by atoms with Gasteiger partial charge in [0.15, 0.2) is 5.82 Å². The number of fused-ring (bicyclic) bond motifs is 1. The van der Waals surface area contributed by atoms with Gasteiger partial charge in [0.25, 0.3) is 5.88 Å². The molecule has 1 aromatic carbocycles. The van der Waals surface area contributed by atoms with Crippen LogP contribution in [-0.4, -0.2) is 36.2 Å². The number of nitrogens with zero attached hydrogens (tertiary/aromatic N) is 3. The van der Waals surface area contributed by atoms with E-state index < -0.39 is 0 Å². The minimum Gasteiger partial charge on any atom is -0.475 e. The second kappa shape index (κ2) is 7.61. The molecule has 2 N–H and O–H groups in total. The molecular weight excluding hydrogens is 300 g/mol. The Bertz CT molecular complexity index is 622. The summed E-state index contributed by atoms with van der Waals surface area (Å²) in [7, 11) is 0. The van der Waals surface area contributed by atoms with Crippen molar-refractivity contribution in [2.24, 2.45) is 11.7 Å². The van der Waals surface area contributed by atoms with E-state index >= 15 is 0 Å². The summed E-state index contributed by atoms with van der Waals surface area (Å²) in [5.74, 6) is 2.02. The molecule has 1 unspecified atom stereocenters. The van der Waals surface area contributed by atoms with E-state index in [1.165, 1.54) is 6.42 Å². The molecule has 2 heterocycles. The lowest BCUT2D eigenvalue weighted by Gasteiger charge is -2.33. The van der Waals surface area contributed by atoms with Crippen molar-refractivity contribution in [3.05, 3.63) is 24.3 Å². The third kappa shape index (κ3) is 3.42. The zero-order valence-electron chi connectivity index (χ0n) is 12.9. The maximum atomic E-state index is 5.84. The Kier molecular flexibility index (Phi) is 5.80. The molecule has 3 rings (SSSR count). The fourth-order valence-electron chi connectivity index (χ4n) is 2.86. The zero-order chi connectivity index (χ0) is 14.7. The second-order valence-electron chi connectivity index (χ2n) is 5.46. The standard InChI is InChI=1S/C16H22N4O.ClH/c1-2-21-16-15(20-9-5-6-12(10-17)11-20)18-13-7-3-4-8-14(13)19-16;/h3-4,7-8,12H,2,5-6,9-11,17H2,1H3;1H. The average molecular weight is 323 g/mol. The van der Waals surface area contributed by atoms with Gasteiger partial charge in [0.1, 0.15) is 0 Å². The van der Waals surface area contributed by atoms with Gasteiger partial charge in [-0.05, 0) is 44.4 Å². The Morgan fingerprint density at radius 3 is 2.68 bits per heavy atom. The number of nitrogens with two attached hydrogens (primary N) is 1. The van der Waals surface area contributed by atoms with E-state index in [0.29, 0.717) is 18.4 Å². The van der Waals surface area contributed by atoms with Gasteiger partial charge in [0.2, 0.25) is 0 Å². The number of hydrogen-bond donors (Lipinski definition) is 1. The van der Waals surface area contributed by atoms with Crippen molar-refractivity contribution in [2.75, 3.05) is 31.1 Å². The molecule has 0 amide bonds. The second-order valence-corrected chi connectivity index (χ2v) is 5.46. The van der Waals surface area contributed by atoms with E-state index in [-0.39, 0.29) is 12.4 Å². The summed E-state index contributed by atoms with van der Waals surface area (Å²) in [6.45, 7) is 5.21. The van der Waals surface area contributed by atoms with E-state index in [0.717, 1.165) is 42.9 Å². The van der Waals surface area contributed by atoms with Gasteiger partial charge in [-0.2, -0.15) is 0 Å². The first kappa shape index (κ1) is 16.8. The predicted molar refractivity (Wildman–Crippen MR) is 91.9 cm³/mol. The number of anilines is 1. The SMILES string of the molecule is CCOc1nc2ccccc2nc1N1CCCC(CN)C1.Cl. The highest BCUT2D eigenvalue weighted by Gasteiger charge is 2.23. The van der Waals surface area contributed by atoms with Gasteiger partial charge in [-0.3, -0.25) is 0 Å². The Hall–Kier alpha value is -1.59. The van der Waals surface area contributed by atoms with E-state index in [2.05, 4.69) is 9.88 Å². The summed E-state index contributed by atoms with van der Waals surface area (Å²) >= 11 is 0. The van der Waals surface area contributed by atoms with Crippen LogP contribution >= 0.6 is 12.4 Å². The number of piperidine rings is 1. The smallest absolute Gasteiger partial charge is 0.258 e. The van der Waals surface area contributed by atoms with E-state index in [4.69, 9.17) is 15.5 Å². The van der Waals surface area contributed by atoms with Gasteiger partial charge >= 0.3 is 0 Å². The van der Waals surface area contributed by atoms with Crippen LogP contribution in [0.5, 0.6) is 5.88 Å². The molecule has 6 heteroatoms. The van der Waals surface area contributed by atoms with Crippen LogP contribution in [0.25, 0.3) is 11.0 Å². The van der Waals surface area contributed by atoms with Crippen LogP contribution in [0, 0.1) is 5.92 Å². The van der Waals surface area contributed by atoms with Crippen LogP contribution in [0.2, 0.25) is 0 Å². The Morgan fingerprint density at radius 1 is 1.27 bits per heavy atom. The lowest BCUT2D eigenvalue weighted by molar-refractivity contribution is 0.324. The molecule has 0 radical (unpaired) electrons. The highest BCUT2D eigenvalue weighted by molar-refractivity contribution is 5.85. The van der Waals surface area contributed by atoms with Gasteiger partial charge in [0, 0.05) is 13.1 Å². The highest BCUT2D eigenvalue weighted by atomic mass is 35.5. The summed E-state index contributed by atoms with van der Waals surface area (Å²) in [5, 5.41) is 0. The molecule has 5 nitrogen and oxygen atoms in total. The molecule has 120 valence electrons. The van der Waals surface area contributed by atoms with Crippen molar-refractivity contribution in [2.45, 2.75) is 19.8 Å². The van der Waals surface area contributed by atoms with Crippen molar-refractivity contribution in [3.63, 3.8) is 0 Å². The molecule has 1 saturated heterocycles. The summed E-state index contributed by atoms with van der Waals surface area (Å²) in [6, 6.07) is 7.91.